The third-order valence-electron chi connectivity index (χ3n) is 4.40. The van der Waals surface area contributed by atoms with Gasteiger partial charge in [-0.3, -0.25) is 9.89 Å². The van der Waals surface area contributed by atoms with Crippen LogP contribution in [0.4, 0.5) is 0 Å². The Morgan fingerprint density at radius 3 is 2.92 bits per heavy atom. The number of amides is 1. The Labute approximate surface area is 139 Å². The number of aromatic amines is 1. The van der Waals surface area contributed by atoms with Crippen LogP contribution < -0.4 is 0 Å². The second-order valence-electron chi connectivity index (χ2n) is 6.01. The van der Waals surface area contributed by atoms with Crippen molar-refractivity contribution in [1.82, 2.24) is 20.1 Å². The molecule has 3 aromatic rings. The van der Waals surface area contributed by atoms with E-state index in [0.717, 1.165) is 30.8 Å². The molecule has 1 saturated heterocycles. The molecule has 1 aromatic carbocycles. The highest BCUT2D eigenvalue weighted by atomic mass is 16.3. The first kappa shape index (κ1) is 14.7. The molecule has 3 heterocycles. The second kappa shape index (κ2) is 6.31. The van der Waals surface area contributed by atoms with Gasteiger partial charge in [-0.1, -0.05) is 30.3 Å². The van der Waals surface area contributed by atoms with E-state index in [1.807, 2.05) is 35.2 Å². The quantitative estimate of drug-likeness (QED) is 0.804. The molecule has 122 valence electrons. The predicted molar refractivity (Wildman–Crippen MR) is 88.4 cm³/mol. The Morgan fingerprint density at radius 1 is 1.25 bits per heavy atom. The number of aromatic nitrogens is 3. The second-order valence-corrected chi connectivity index (χ2v) is 6.01. The number of benzene rings is 1. The number of furan rings is 1. The van der Waals surface area contributed by atoms with Crippen LogP contribution >= 0.6 is 0 Å². The Bertz CT molecular complexity index is 811. The van der Waals surface area contributed by atoms with Crippen LogP contribution in [0.5, 0.6) is 0 Å². The van der Waals surface area contributed by atoms with Crippen molar-refractivity contribution >= 4 is 5.91 Å². The molecule has 1 aliphatic rings. The maximum Gasteiger partial charge on any atom is 0.257 e. The van der Waals surface area contributed by atoms with Gasteiger partial charge in [-0.15, -0.1) is 0 Å². The molecule has 1 atom stereocenters. The number of likely N-dealkylation sites (tertiary alicyclic amines) is 1. The Morgan fingerprint density at radius 2 is 2.12 bits per heavy atom. The lowest BCUT2D eigenvalue weighted by molar-refractivity contribution is 0.0704. The average Bonchev–Trinajstić information content (AvgIpc) is 3.34. The molecular weight excluding hydrogens is 304 g/mol. The molecule has 0 unspecified atom stereocenters. The fraction of sp³-hybridized carbons (Fsp3) is 0.278. The summed E-state index contributed by atoms with van der Waals surface area (Å²) >= 11 is 0. The van der Waals surface area contributed by atoms with E-state index in [0.29, 0.717) is 17.9 Å². The van der Waals surface area contributed by atoms with Gasteiger partial charge in [0, 0.05) is 24.6 Å². The number of H-pyrrole nitrogens is 1. The van der Waals surface area contributed by atoms with Crippen molar-refractivity contribution in [1.29, 1.82) is 0 Å². The monoisotopic (exact) mass is 322 g/mol. The zero-order chi connectivity index (χ0) is 16.4. The van der Waals surface area contributed by atoms with Crippen molar-refractivity contribution in [2.75, 3.05) is 13.1 Å². The van der Waals surface area contributed by atoms with E-state index in [-0.39, 0.29) is 11.8 Å². The molecule has 0 aliphatic carbocycles. The zero-order valence-electron chi connectivity index (χ0n) is 13.2. The fourth-order valence-corrected chi connectivity index (χ4v) is 3.13. The molecule has 4 rings (SSSR count). The molecule has 6 nitrogen and oxygen atoms in total. The number of carbonyl (C=O) groups is 1. The van der Waals surface area contributed by atoms with Gasteiger partial charge >= 0.3 is 0 Å². The summed E-state index contributed by atoms with van der Waals surface area (Å²) < 4.78 is 5.01. The van der Waals surface area contributed by atoms with Crippen LogP contribution in [0.15, 0.2) is 53.3 Å². The third kappa shape index (κ3) is 2.82. The van der Waals surface area contributed by atoms with Crippen molar-refractivity contribution in [3.05, 3.63) is 60.3 Å². The third-order valence-corrected chi connectivity index (χ3v) is 4.40. The molecule has 6 heteroatoms. The number of hydrogen-bond donors (Lipinski definition) is 1. The number of piperidine rings is 1. The smallest absolute Gasteiger partial charge is 0.257 e. The summed E-state index contributed by atoms with van der Waals surface area (Å²) in [5, 5.41) is 7.38. The summed E-state index contributed by atoms with van der Waals surface area (Å²) in [6.45, 7) is 1.41. The maximum atomic E-state index is 12.5. The molecule has 1 fully saturated rings. The van der Waals surface area contributed by atoms with Gasteiger partial charge < -0.3 is 9.32 Å². The minimum atomic E-state index is 0.0104. The summed E-state index contributed by atoms with van der Waals surface area (Å²) in [7, 11) is 0. The molecular formula is C18H18N4O2. The lowest BCUT2D eigenvalue weighted by atomic mass is 9.97. The van der Waals surface area contributed by atoms with Crippen LogP contribution in [0.25, 0.3) is 11.4 Å². The van der Waals surface area contributed by atoms with Crippen LogP contribution in [0.3, 0.4) is 0 Å². The van der Waals surface area contributed by atoms with Crippen LogP contribution in [0.1, 0.15) is 34.9 Å². The maximum absolute atomic E-state index is 12.5. The largest absolute Gasteiger partial charge is 0.472 e. The average molecular weight is 322 g/mol. The SMILES string of the molecule is O=C(c1ccoc1)N1CCC[C@H](c2nc(-c3ccccc3)n[nH]2)C1. The van der Waals surface area contributed by atoms with Crippen molar-refractivity contribution in [3.63, 3.8) is 0 Å². The van der Waals surface area contributed by atoms with E-state index in [1.54, 1.807) is 6.07 Å². The van der Waals surface area contributed by atoms with Crippen molar-refractivity contribution in [3.8, 4) is 11.4 Å². The summed E-state index contributed by atoms with van der Waals surface area (Å²) in [6, 6.07) is 11.6. The standard InChI is InChI=1S/C18H18N4O2/c23-18(15-8-10-24-12-15)22-9-4-7-14(11-22)17-19-16(20-21-17)13-5-2-1-3-6-13/h1-3,5-6,8,10,12,14H,4,7,9,11H2,(H,19,20,21)/t14-/m0/s1. The van der Waals surface area contributed by atoms with Gasteiger partial charge in [0.1, 0.15) is 12.1 Å². The number of rotatable bonds is 3. The van der Waals surface area contributed by atoms with E-state index in [2.05, 4.69) is 15.2 Å². The lowest BCUT2D eigenvalue weighted by Crippen LogP contribution is -2.39. The number of nitrogens with zero attached hydrogens (tertiary/aromatic N) is 3. The van der Waals surface area contributed by atoms with E-state index < -0.39 is 0 Å². The van der Waals surface area contributed by atoms with Gasteiger partial charge in [-0.2, -0.15) is 5.10 Å². The highest BCUT2D eigenvalue weighted by Gasteiger charge is 2.28. The van der Waals surface area contributed by atoms with Gasteiger partial charge in [0.2, 0.25) is 0 Å². The molecule has 1 aliphatic heterocycles. The van der Waals surface area contributed by atoms with Crippen LogP contribution in [0, 0.1) is 0 Å². The van der Waals surface area contributed by atoms with Gasteiger partial charge in [0.25, 0.3) is 5.91 Å². The fourth-order valence-electron chi connectivity index (χ4n) is 3.13. The summed E-state index contributed by atoms with van der Waals surface area (Å²) in [5.41, 5.74) is 1.58. The topological polar surface area (TPSA) is 75.0 Å². The normalized spacial score (nSPS) is 17.8. The minimum Gasteiger partial charge on any atom is -0.472 e. The van der Waals surface area contributed by atoms with Crippen molar-refractivity contribution < 1.29 is 9.21 Å². The Balaban J connectivity index is 1.50. The number of nitrogens with one attached hydrogen (secondary N) is 1. The Hall–Kier alpha value is -2.89. The van der Waals surface area contributed by atoms with Gasteiger partial charge in [-0.05, 0) is 18.9 Å². The van der Waals surface area contributed by atoms with Gasteiger partial charge in [0.15, 0.2) is 5.82 Å². The van der Waals surface area contributed by atoms with E-state index in [1.165, 1.54) is 12.5 Å². The number of hydrogen-bond acceptors (Lipinski definition) is 4. The molecule has 0 spiro atoms. The zero-order valence-corrected chi connectivity index (χ0v) is 13.2. The molecule has 1 N–H and O–H groups in total. The minimum absolute atomic E-state index is 0.0104. The van der Waals surface area contributed by atoms with Crippen LogP contribution in [-0.2, 0) is 0 Å². The highest BCUT2D eigenvalue weighted by Crippen LogP contribution is 2.27. The Kier molecular flexibility index (Phi) is 3.86. The molecule has 2 aromatic heterocycles. The first-order valence-corrected chi connectivity index (χ1v) is 8.10. The molecule has 0 bridgehead atoms. The van der Waals surface area contributed by atoms with E-state index in [4.69, 9.17) is 4.42 Å². The van der Waals surface area contributed by atoms with Crippen molar-refractivity contribution in [2.45, 2.75) is 18.8 Å². The highest BCUT2D eigenvalue weighted by molar-refractivity contribution is 5.93. The van der Waals surface area contributed by atoms with Crippen LogP contribution in [0.2, 0.25) is 0 Å². The predicted octanol–water partition coefficient (Wildman–Crippen LogP) is 3.08. The van der Waals surface area contributed by atoms with E-state index >= 15 is 0 Å². The van der Waals surface area contributed by atoms with Crippen molar-refractivity contribution in [2.24, 2.45) is 0 Å². The first-order valence-electron chi connectivity index (χ1n) is 8.10. The molecule has 1 amide bonds. The molecule has 0 saturated carbocycles. The van der Waals surface area contributed by atoms with E-state index in [9.17, 15) is 4.79 Å². The molecule has 24 heavy (non-hydrogen) atoms. The summed E-state index contributed by atoms with van der Waals surface area (Å²) in [4.78, 5) is 19.0. The lowest BCUT2D eigenvalue weighted by Gasteiger charge is -2.31. The van der Waals surface area contributed by atoms with Crippen LogP contribution in [-0.4, -0.2) is 39.1 Å². The summed E-state index contributed by atoms with van der Waals surface area (Å²) in [6.07, 6.45) is 4.97. The summed E-state index contributed by atoms with van der Waals surface area (Å²) in [5.74, 6) is 1.73. The van der Waals surface area contributed by atoms with Gasteiger partial charge in [-0.25, -0.2) is 4.98 Å². The van der Waals surface area contributed by atoms with Gasteiger partial charge in [0.05, 0.1) is 11.8 Å². The molecule has 0 radical (unpaired) electrons. The number of carbonyl (C=O) groups excluding carboxylic acids is 1. The first-order chi connectivity index (χ1) is 11.8.